The first-order valence-corrected chi connectivity index (χ1v) is 6.72. The number of nitro benzene ring substituents is 1. The molecule has 6 heteroatoms. The normalized spacial score (nSPS) is 18.9. The Hall–Kier alpha value is -1.82. The molecule has 1 aromatic carbocycles. The summed E-state index contributed by atoms with van der Waals surface area (Å²) < 4.78 is 10.3. The van der Waals surface area contributed by atoms with E-state index in [2.05, 4.69) is 4.90 Å². The Morgan fingerprint density at radius 3 is 2.90 bits per heavy atom. The molecule has 0 aromatic heterocycles. The van der Waals surface area contributed by atoms with E-state index in [0.29, 0.717) is 11.7 Å². The van der Waals surface area contributed by atoms with Crippen molar-refractivity contribution in [3.05, 3.63) is 28.3 Å². The fraction of sp³-hybridized carbons (Fsp3) is 0.571. The van der Waals surface area contributed by atoms with Crippen molar-refractivity contribution >= 4 is 11.4 Å². The molecule has 20 heavy (non-hydrogen) atoms. The molecular weight excluding hydrogens is 260 g/mol. The maximum Gasteiger partial charge on any atom is 0.311 e. The summed E-state index contributed by atoms with van der Waals surface area (Å²) >= 11 is 0. The van der Waals surface area contributed by atoms with Crippen LogP contribution in [0, 0.1) is 16.0 Å². The molecule has 1 aliphatic heterocycles. The van der Waals surface area contributed by atoms with Crippen molar-refractivity contribution in [1.29, 1.82) is 0 Å². The van der Waals surface area contributed by atoms with Gasteiger partial charge >= 0.3 is 5.69 Å². The van der Waals surface area contributed by atoms with Gasteiger partial charge in [-0.2, -0.15) is 0 Å². The highest BCUT2D eigenvalue weighted by molar-refractivity contribution is 5.59. The second-order valence-electron chi connectivity index (χ2n) is 5.02. The minimum absolute atomic E-state index is 0.00157. The molecule has 0 radical (unpaired) electrons. The summed E-state index contributed by atoms with van der Waals surface area (Å²) in [6.07, 6.45) is 2.27. The molecule has 0 N–H and O–H groups in total. The number of methoxy groups -OCH3 is 2. The fourth-order valence-electron chi connectivity index (χ4n) is 2.69. The van der Waals surface area contributed by atoms with E-state index >= 15 is 0 Å². The van der Waals surface area contributed by atoms with Crippen molar-refractivity contribution in [2.75, 3.05) is 38.8 Å². The van der Waals surface area contributed by atoms with E-state index < -0.39 is 4.92 Å². The Morgan fingerprint density at radius 2 is 2.25 bits per heavy atom. The van der Waals surface area contributed by atoms with E-state index in [1.54, 1.807) is 19.2 Å². The molecule has 0 amide bonds. The molecule has 1 atom stereocenters. The fourth-order valence-corrected chi connectivity index (χ4v) is 2.69. The molecule has 110 valence electrons. The number of piperidine rings is 1. The van der Waals surface area contributed by atoms with Gasteiger partial charge in [0.15, 0.2) is 5.75 Å². The quantitative estimate of drug-likeness (QED) is 0.612. The highest BCUT2D eigenvalue weighted by atomic mass is 16.6. The molecule has 0 spiro atoms. The van der Waals surface area contributed by atoms with Gasteiger partial charge in [-0.3, -0.25) is 10.1 Å². The summed E-state index contributed by atoms with van der Waals surface area (Å²) in [6.45, 7) is 2.62. The molecule has 1 saturated heterocycles. The van der Waals surface area contributed by atoms with Crippen molar-refractivity contribution in [2.45, 2.75) is 12.8 Å². The minimum atomic E-state index is -0.424. The smallest absolute Gasteiger partial charge is 0.311 e. The van der Waals surface area contributed by atoms with Crippen molar-refractivity contribution in [3.8, 4) is 5.75 Å². The van der Waals surface area contributed by atoms with Crippen LogP contribution in [-0.4, -0.2) is 38.8 Å². The van der Waals surface area contributed by atoms with Gasteiger partial charge in [0.1, 0.15) is 0 Å². The lowest BCUT2D eigenvalue weighted by molar-refractivity contribution is -0.385. The Morgan fingerprint density at radius 1 is 1.45 bits per heavy atom. The first-order valence-electron chi connectivity index (χ1n) is 6.72. The zero-order valence-electron chi connectivity index (χ0n) is 11.9. The van der Waals surface area contributed by atoms with E-state index in [4.69, 9.17) is 9.47 Å². The van der Waals surface area contributed by atoms with Crippen LogP contribution in [0.25, 0.3) is 0 Å². The van der Waals surface area contributed by atoms with Crippen LogP contribution >= 0.6 is 0 Å². The molecule has 1 heterocycles. The molecule has 6 nitrogen and oxygen atoms in total. The molecule has 0 aliphatic carbocycles. The van der Waals surface area contributed by atoms with Gasteiger partial charge in [0, 0.05) is 38.0 Å². The molecule has 1 aliphatic rings. The van der Waals surface area contributed by atoms with Crippen LogP contribution in [-0.2, 0) is 4.74 Å². The van der Waals surface area contributed by atoms with E-state index in [-0.39, 0.29) is 5.69 Å². The van der Waals surface area contributed by atoms with Crippen molar-refractivity contribution < 1.29 is 14.4 Å². The van der Waals surface area contributed by atoms with Gasteiger partial charge in [0.25, 0.3) is 0 Å². The average Bonchev–Trinajstić information content (AvgIpc) is 2.47. The summed E-state index contributed by atoms with van der Waals surface area (Å²) in [4.78, 5) is 12.7. The van der Waals surface area contributed by atoms with Crippen LogP contribution in [0.2, 0.25) is 0 Å². The molecule has 0 saturated carbocycles. The zero-order chi connectivity index (χ0) is 14.5. The predicted octanol–water partition coefficient (Wildman–Crippen LogP) is 2.47. The number of nitrogens with zero attached hydrogens (tertiary/aromatic N) is 2. The van der Waals surface area contributed by atoms with Gasteiger partial charge in [0.2, 0.25) is 0 Å². The van der Waals surface area contributed by atoms with Gasteiger partial charge in [0.05, 0.1) is 18.6 Å². The van der Waals surface area contributed by atoms with E-state index in [1.165, 1.54) is 13.2 Å². The van der Waals surface area contributed by atoms with Gasteiger partial charge in [-0.25, -0.2) is 0 Å². The van der Waals surface area contributed by atoms with Crippen LogP contribution in [0.3, 0.4) is 0 Å². The average molecular weight is 280 g/mol. The molecular formula is C14H20N2O4. The van der Waals surface area contributed by atoms with Crippen LogP contribution < -0.4 is 9.64 Å². The maximum atomic E-state index is 10.9. The lowest BCUT2D eigenvalue weighted by Crippen LogP contribution is -2.37. The van der Waals surface area contributed by atoms with Gasteiger partial charge < -0.3 is 14.4 Å². The largest absolute Gasteiger partial charge is 0.490 e. The number of rotatable bonds is 5. The van der Waals surface area contributed by atoms with Crippen LogP contribution in [0.15, 0.2) is 18.2 Å². The van der Waals surface area contributed by atoms with Gasteiger partial charge in [-0.1, -0.05) is 0 Å². The Balaban J connectivity index is 2.18. The molecule has 1 aromatic rings. The standard InChI is InChI=1S/C14H20N2O4/c1-19-10-11-4-3-7-15(9-11)12-5-6-13(16(17)18)14(8-12)20-2/h5-6,8,11H,3-4,7,9-10H2,1-2H3. The third-order valence-corrected chi connectivity index (χ3v) is 3.65. The van der Waals surface area contributed by atoms with E-state index in [1.807, 2.05) is 0 Å². The van der Waals surface area contributed by atoms with Crippen LogP contribution in [0.1, 0.15) is 12.8 Å². The SMILES string of the molecule is COCC1CCCN(c2ccc([N+](=O)[O-])c(OC)c2)C1. The lowest BCUT2D eigenvalue weighted by Gasteiger charge is -2.34. The molecule has 2 rings (SSSR count). The topological polar surface area (TPSA) is 64.8 Å². The van der Waals surface area contributed by atoms with Gasteiger partial charge in [-0.15, -0.1) is 0 Å². The molecule has 1 unspecified atom stereocenters. The number of hydrogen-bond acceptors (Lipinski definition) is 5. The van der Waals surface area contributed by atoms with Crippen LogP contribution in [0.5, 0.6) is 5.75 Å². The third-order valence-electron chi connectivity index (χ3n) is 3.65. The molecule has 0 bridgehead atoms. The first kappa shape index (κ1) is 14.6. The predicted molar refractivity (Wildman–Crippen MR) is 76.5 cm³/mol. The second kappa shape index (κ2) is 6.56. The number of benzene rings is 1. The first-order chi connectivity index (χ1) is 9.65. The number of nitro groups is 1. The Bertz CT molecular complexity index is 476. The van der Waals surface area contributed by atoms with E-state index in [9.17, 15) is 10.1 Å². The number of hydrogen-bond donors (Lipinski definition) is 0. The summed E-state index contributed by atoms with van der Waals surface area (Å²) in [5.74, 6) is 0.816. The zero-order valence-corrected chi connectivity index (χ0v) is 11.9. The number of anilines is 1. The minimum Gasteiger partial charge on any atom is -0.490 e. The van der Waals surface area contributed by atoms with Crippen molar-refractivity contribution in [1.82, 2.24) is 0 Å². The summed E-state index contributed by atoms with van der Waals surface area (Å²) in [5, 5.41) is 10.9. The Kier molecular flexibility index (Phi) is 4.79. The second-order valence-corrected chi connectivity index (χ2v) is 5.02. The van der Waals surface area contributed by atoms with Gasteiger partial charge in [-0.05, 0) is 24.8 Å². The summed E-state index contributed by atoms with van der Waals surface area (Å²) in [7, 11) is 3.17. The summed E-state index contributed by atoms with van der Waals surface area (Å²) in [5.41, 5.74) is 0.968. The van der Waals surface area contributed by atoms with Crippen molar-refractivity contribution in [2.24, 2.45) is 5.92 Å². The lowest BCUT2D eigenvalue weighted by atomic mass is 9.98. The summed E-state index contributed by atoms with van der Waals surface area (Å²) in [6, 6.07) is 5.04. The maximum absolute atomic E-state index is 10.9. The van der Waals surface area contributed by atoms with Crippen LogP contribution in [0.4, 0.5) is 11.4 Å². The Labute approximate surface area is 118 Å². The monoisotopic (exact) mass is 280 g/mol. The highest BCUT2D eigenvalue weighted by Gasteiger charge is 2.22. The third kappa shape index (κ3) is 3.19. The van der Waals surface area contributed by atoms with Crippen molar-refractivity contribution in [3.63, 3.8) is 0 Å². The molecule has 1 fully saturated rings. The van der Waals surface area contributed by atoms with E-state index in [0.717, 1.165) is 38.2 Å². The number of ether oxygens (including phenoxy) is 2. The highest BCUT2D eigenvalue weighted by Crippen LogP contribution is 2.33.